The predicted molar refractivity (Wildman–Crippen MR) is 107 cm³/mol. The van der Waals surface area contributed by atoms with Crippen LogP contribution in [-0.4, -0.2) is 21.8 Å². The van der Waals surface area contributed by atoms with Gasteiger partial charge in [-0.3, -0.25) is 14.8 Å². The Kier molecular flexibility index (Phi) is 5.40. The average Bonchev–Trinajstić information content (AvgIpc) is 2.70. The van der Waals surface area contributed by atoms with E-state index in [0.717, 1.165) is 12.1 Å². The van der Waals surface area contributed by atoms with Crippen LogP contribution in [0.2, 0.25) is 0 Å². The van der Waals surface area contributed by atoms with Gasteiger partial charge in [-0.15, -0.1) is 0 Å². The molecule has 0 saturated heterocycles. The lowest BCUT2D eigenvalue weighted by Crippen LogP contribution is -2.14. The molecular formula is C19H16N2O6S2. The molecule has 0 radical (unpaired) electrons. The van der Waals surface area contributed by atoms with Crippen molar-refractivity contribution in [2.45, 2.75) is 21.6 Å². The van der Waals surface area contributed by atoms with Crippen LogP contribution >= 0.6 is 0 Å². The lowest BCUT2D eigenvalue weighted by atomic mass is 10.2. The zero-order valence-corrected chi connectivity index (χ0v) is 16.8. The maximum Gasteiger partial charge on any atom is 0.271 e. The highest BCUT2D eigenvalue weighted by Gasteiger charge is 2.22. The Labute approximate surface area is 167 Å². The zero-order chi connectivity index (χ0) is 21.2. The molecule has 0 fully saturated rings. The van der Waals surface area contributed by atoms with Crippen LogP contribution in [0, 0.1) is 17.0 Å². The van der Waals surface area contributed by atoms with E-state index in [9.17, 15) is 26.9 Å². The number of non-ortho nitro benzene ring substituents is 1. The molecule has 8 nitrogen and oxygen atoms in total. The molecule has 0 aromatic heterocycles. The van der Waals surface area contributed by atoms with Gasteiger partial charge in [0.1, 0.15) is 0 Å². The smallest absolute Gasteiger partial charge is 0.271 e. The van der Waals surface area contributed by atoms with Gasteiger partial charge in [0.2, 0.25) is 9.84 Å². The van der Waals surface area contributed by atoms with Crippen molar-refractivity contribution in [3.05, 3.63) is 88.5 Å². The number of nitrogens with zero attached hydrogens (tertiary/aromatic N) is 1. The second-order valence-electron chi connectivity index (χ2n) is 6.15. The van der Waals surface area contributed by atoms with Crippen molar-refractivity contribution in [1.82, 2.24) is 0 Å². The van der Waals surface area contributed by atoms with E-state index in [4.69, 9.17) is 0 Å². The summed E-state index contributed by atoms with van der Waals surface area (Å²) >= 11 is 0. The van der Waals surface area contributed by atoms with Crippen molar-refractivity contribution in [3.63, 3.8) is 0 Å². The van der Waals surface area contributed by atoms with Crippen LogP contribution in [-0.2, 0) is 19.9 Å². The summed E-state index contributed by atoms with van der Waals surface area (Å²) in [5, 5.41) is 11.0. The van der Waals surface area contributed by atoms with Crippen molar-refractivity contribution in [2.24, 2.45) is 0 Å². The highest BCUT2D eigenvalue weighted by molar-refractivity contribution is 7.93. The first-order valence-corrected chi connectivity index (χ1v) is 11.3. The van der Waals surface area contributed by atoms with Crippen LogP contribution in [0.4, 0.5) is 11.4 Å². The van der Waals surface area contributed by atoms with Crippen LogP contribution < -0.4 is 4.72 Å². The molecule has 0 unspecified atom stereocenters. The summed E-state index contributed by atoms with van der Waals surface area (Å²) in [5.74, 6) is 0. The molecule has 0 atom stereocenters. The number of benzene rings is 3. The molecule has 3 aromatic rings. The molecule has 29 heavy (non-hydrogen) atoms. The van der Waals surface area contributed by atoms with Crippen molar-refractivity contribution in [3.8, 4) is 0 Å². The minimum atomic E-state index is -4.18. The molecule has 0 aliphatic carbocycles. The molecule has 0 bridgehead atoms. The molecule has 0 amide bonds. The first kappa shape index (κ1) is 20.5. The Balaban J connectivity index is 2.01. The van der Waals surface area contributed by atoms with E-state index in [1.165, 1.54) is 42.5 Å². The van der Waals surface area contributed by atoms with Gasteiger partial charge in [-0.25, -0.2) is 16.8 Å². The second kappa shape index (κ2) is 7.64. The first-order chi connectivity index (χ1) is 13.6. The van der Waals surface area contributed by atoms with Crippen molar-refractivity contribution in [2.75, 3.05) is 4.72 Å². The van der Waals surface area contributed by atoms with E-state index < -0.39 is 24.8 Å². The predicted octanol–water partition coefficient (Wildman–Crippen LogP) is 3.54. The molecule has 0 heterocycles. The topological polar surface area (TPSA) is 123 Å². The van der Waals surface area contributed by atoms with Crippen LogP contribution in [0.3, 0.4) is 0 Å². The summed E-state index contributed by atoms with van der Waals surface area (Å²) in [4.78, 5) is 9.90. The van der Waals surface area contributed by atoms with Crippen LogP contribution in [0.25, 0.3) is 0 Å². The van der Waals surface area contributed by atoms with Gasteiger partial charge >= 0.3 is 0 Å². The maximum atomic E-state index is 12.8. The Morgan fingerprint density at radius 1 is 0.793 bits per heavy atom. The number of sulfonamides is 1. The number of anilines is 1. The number of nitrogens with one attached hydrogen (secondary N) is 1. The molecule has 1 N–H and O–H groups in total. The van der Waals surface area contributed by atoms with E-state index in [1.54, 1.807) is 25.1 Å². The number of sulfone groups is 1. The van der Waals surface area contributed by atoms with Crippen molar-refractivity contribution in [1.29, 1.82) is 0 Å². The monoisotopic (exact) mass is 432 g/mol. The molecule has 3 aromatic carbocycles. The summed E-state index contributed by atoms with van der Waals surface area (Å²) in [5.41, 5.74) is 0.247. The van der Waals surface area contributed by atoms with Gasteiger partial charge in [0.05, 0.1) is 25.3 Å². The molecule has 0 saturated carbocycles. The molecule has 0 spiro atoms. The highest BCUT2D eigenvalue weighted by atomic mass is 32.2. The summed E-state index contributed by atoms with van der Waals surface area (Å²) < 4.78 is 53.3. The third-order valence-electron chi connectivity index (χ3n) is 4.16. The maximum absolute atomic E-state index is 12.8. The Morgan fingerprint density at radius 2 is 1.41 bits per heavy atom. The standard InChI is InChI=1S/C19H16N2O6S2/c1-14-10-11-15(21(22)23)12-19(14)20-29(26,27)18-9-5-8-17(13-18)28(24,25)16-6-3-2-4-7-16/h2-13,20H,1H3. The number of rotatable bonds is 6. The fourth-order valence-electron chi connectivity index (χ4n) is 2.58. The zero-order valence-electron chi connectivity index (χ0n) is 15.1. The fraction of sp³-hybridized carbons (Fsp3) is 0.0526. The van der Waals surface area contributed by atoms with Crippen LogP contribution in [0.1, 0.15) is 5.56 Å². The van der Waals surface area contributed by atoms with Gasteiger partial charge in [0.15, 0.2) is 0 Å². The Morgan fingerprint density at radius 3 is 2.07 bits per heavy atom. The Hall–Kier alpha value is -3.24. The summed E-state index contributed by atoms with van der Waals surface area (Å²) in [6.07, 6.45) is 0. The third kappa shape index (κ3) is 4.28. The lowest BCUT2D eigenvalue weighted by molar-refractivity contribution is -0.384. The van der Waals surface area contributed by atoms with Gasteiger partial charge in [-0.2, -0.15) is 0 Å². The molecule has 0 aliphatic rings. The van der Waals surface area contributed by atoms with Gasteiger partial charge < -0.3 is 0 Å². The van der Waals surface area contributed by atoms with Gasteiger partial charge in [-0.1, -0.05) is 30.3 Å². The van der Waals surface area contributed by atoms with E-state index in [0.29, 0.717) is 5.56 Å². The normalized spacial score (nSPS) is 11.8. The number of nitro benzene ring substituents is 1. The van der Waals surface area contributed by atoms with E-state index >= 15 is 0 Å². The Bertz CT molecular complexity index is 1290. The molecule has 3 rings (SSSR count). The van der Waals surface area contributed by atoms with Crippen LogP contribution in [0.5, 0.6) is 0 Å². The minimum absolute atomic E-state index is 0.0375. The van der Waals surface area contributed by atoms with Gasteiger partial charge in [0, 0.05) is 12.1 Å². The number of hydrogen-bond donors (Lipinski definition) is 1. The highest BCUT2D eigenvalue weighted by Crippen LogP contribution is 2.27. The van der Waals surface area contributed by atoms with Crippen molar-refractivity contribution >= 4 is 31.2 Å². The third-order valence-corrected chi connectivity index (χ3v) is 7.29. The second-order valence-corrected chi connectivity index (χ2v) is 9.79. The minimum Gasteiger partial charge on any atom is -0.279 e. The summed E-state index contributed by atoms with van der Waals surface area (Å²) in [6.45, 7) is 1.60. The summed E-state index contributed by atoms with van der Waals surface area (Å²) in [6, 6.07) is 16.4. The van der Waals surface area contributed by atoms with E-state index in [-0.39, 0.29) is 26.1 Å². The van der Waals surface area contributed by atoms with Crippen molar-refractivity contribution < 1.29 is 21.8 Å². The number of nitro groups is 1. The van der Waals surface area contributed by atoms with Gasteiger partial charge in [-0.05, 0) is 42.8 Å². The molecule has 150 valence electrons. The van der Waals surface area contributed by atoms with E-state index in [2.05, 4.69) is 4.72 Å². The van der Waals surface area contributed by atoms with E-state index in [1.807, 2.05) is 0 Å². The molecule has 10 heteroatoms. The largest absolute Gasteiger partial charge is 0.279 e. The number of aryl methyl sites for hydroxylation is 1. The summed E-state index contributed by atoms with van der Waals surface area (Å²) in [7, 11) is -8.08. The average molecular weight is 432 g/mol. The molecular weight excluding hydrogens is 416 g/mol. The fourth-order valence-corrected chi connectivity index (χ4v) is 5.15. The van der Waals surface area contributed by atoms with Gasteiger partial charge in [0.25, 0.3) is 15.7 Å². The quantitative estimate of drug-likeness (QED) is 0.469. The number of hydrogen-bond acceptors (Lipinski definition) is 6. The first-order valence-electron chi connectivity index (χ1n) is 8.29. The van der Waals surface area contributed by atoms with Crippen LogP contribution in [0.15, 0.2) is 87.5 Å². The SMILES string of the molecule is Cc1ccc([N+](=O)[O-])cc1NS(=O)(=O)c1cccc(S(=O)(=O)c2ccccc2)c1. The lowest BCUT2D eigenvalue weighted by Gasteiger charge is -2.12. The molecule has 0 aliphatic heterocycles.